The molecule has 1 fully saturated rings. The van der Waals surface area contributed by atoms with Crippen LogP contribution in [-0.2, 0) is 4.74 Å². The molecule has 0 aliphatic carbocycles. The molecular weight excluding hydrogens is 198 g/mol. The molecule has 1 atom stereocenters. The Bertz CT molecular complexity index is 331. The summed E-state index contributed by atoms with van der Waals surface area (Å²) < 4.78 is 5.37. The average molecular weight is 219 g/mol. The minimum Gasteiger partial charge on any atom is -0.377 e. The van der Waals surface area contributed by atoms with Gasteiger partial charge in [-0.25, -0.2) is 0 Å². The van der Waals surface area contributed by atoms with Crippen molar-refractivity contribution in [1.29, 1.82) is 0 Å². The number of nitrogens with one attached hydrogen (secondary N) is 1. The molecule has 0 aromatic heterocycles. The first-order valence-electron chi connectivity index (χ1n) is 6.14. The Hall–Kier alpha value is -0.860. The zero-order chi connectivity index (χ0) is 11.4. The molecule has 1 heterocycles. The third kappa shape index (κ3) is 2.63. The van der Waals surface area contributed by atoms with Crippen LogP contribution in [0.3, 0.4) is 0 Å². The number of ether oxygens (including phenoxy) is 1. The van der Waals surface area contributed by atoms with Crippen molar-refractivity contribution in [2.75, 3.05) is 20.2 Å². The van der Waals surface area contributed by atoms with Crippen LogP contribution in [0.5, 0.6) is 0 Å². The fraction of sp³-hybridized carbons (Fsp3) is 0.571. The minimum absolute atomic E-state index is 0.196. The second-order valence-electron chi connectivity index (χ2n) is 4.57. The lowest BCUT2D eigenvalue weighted by Gasteiger charge is -2.24. The van der Waals surface area contributed by atoms with E-state index in [1.807, 2.05) is 0 Å². The van der Waals surface area contributed by atoms with Gasteiger partial charge in [-0.15, -0.1) is 0 Å². The molecule has 0 saturated carbocycles. The molecular formula is C14H21NO. The molecule has 0 bridgehead atoms. The SMILES string of the molecule is COC(C)c1cccc(C2CCNCC2)c1. The van der Waals surface area contributed by atoms with Crippen molar-refractivity contribution >= 4 is 0 Å². The maximum Gasteiger partial charge on any atom is 0.0793 e. The molecule has 2 heteroatoms. The molecule has 2 rings (SSSR count). The average Bonchev–Trinajstić information content (AvgIpc) is 2.39. The molecule has 1 unspecified atom stereocenters. The van der Waals surface area contributed by atoms with Crippen LogP contribution in [0.2, 0.25) is 0 Å². The van der Waals surface area contributed by atoms with Gasteiger partial charge in [0.05, 0.1) is 6.10 Å². The Morgan fingerprint density at radius 2 is 2.06 bits per heavy atom. The van der Waals surface area contributed by atoms with Gasteiger partial charge in [-0.1, -0.05) is 24.3 Å². The highest BCUT2D eigenvalue weighted by atomic mass is 16.5. The number of piperidine rings is 1. The van der Waals surface area contributed by atoms with Gasteiger partial charge in [-0.3, -0.25) is 0 Å². The minimum atomic E-state index is 0.196. The zero-order valence-corrected chi connectivity index (χ0v) is 10.2. The summed E-state index contributed by atoms with van der Waals surface area (Å²) in [5, 5.41) is 3.41. The van der Waals surface area contributed by atoms with E-state index in [2.05, 4.69) is 36.5 Å². The number of methoxy groups -OCH3 is 1. The second-order valence-corrected chi connectivity index (χ2v) is 4.57. The van der Waals surface area contributed by atoms with E-state index in [1.54, 1.807) is 7.11 Å². The summed E-state index contributed by atoms with van der Waals surface area (Å²) in [4.78, 5) is 0. The highest BCUT2D eigenvalue weighted by molar-refractivity contribution is 5.28. The monoisotopic (exact) mass is 219 g/mol. The fourth-order valence-corrected chi connectivity index (χ4v) is 2.36. The highest BCUT2D eigenvalue weighted by Gasteiger charge is 2.15. The molecule has 1 saturated heterocycles. The van der Waals surface area contributed by atoms with E-state index in [0.29, 0.717) is 0 Å². The van der Waals surface area contributed by atoms with Crippen molar-refractivity contribution < 1.29 is 4.74 Å². The summed E-state index contributed by atoms with van der Waals surface area (Å²) in [5.74, 6) is 0.727. The van der Waals surface area contributed by atoms with Gasteiger partial charge in [0.2, 0.25) is 0 Å². The van der Waals surface area contributed by atoms with Gasteiger partial charge in [0.15, 0.2) is 0 Å². The first-order chi connectivity index (χ1) is 7.81. The van der Waals surface area contributed by atoms with Crippen LogP contribution in [0.15, 0.2) is 24.3 Å². The lowest BCUT2D eigenvalue weighted by atomic mass is 9.89. The largest absolute Gasteiger partial charge is 0.377 e. The number of hydrogen-bond donors (Lipinski definition) is 1. The Labute approximate surface area is 98.0 Å². The molecule has 1 aliphatic heterocycles. The Balaban J connectivity index is 2.14. The number of hydrogen-bond acceptors (Lipinski definition) is 2. The van der Waals surface area contributed by atoms with Gasteiger partial charge in [-0.2, -0.15) is 0 Å². The van der Waals surface area contributed by atoms with Crippen molar-refractivity contribution in [3.63, 3.8) is 0 Å². The summed E-state index contributed by atoms with van der Waals surface area (Å²) in [6.45, 7) is 4.39. The van der Waals surface area contributed by atoms with Crippen molar-refractivity contribution in [1.82, 2.24) is 5.32 Å². The van der Waals surface area contributed by atoms with Crippen LogP contribution in [0.1, 0.15) is 42.9 Å². The standard InChI is InChI=1S/C14H21NO/c1-11(16-2)13-4-3-5-14(10-13)12-6-8-15-9-7-12/h3-5,10-12,15H,6-9H2,1-2H3. The van der Waals surface area contributed by atoms with E-state index < -0.39 is 0 Å². The molecule has 0 amide bonds. The van der Waals surface area contributed by atoms with E-state index in [9.17, 15) is 0 Å². The van der Waals surface area contributed by atoms with Crippen molar-refractivity contribution in [3.8, 4) is 0 Å². The third-order valence-corrected chi connectivity index (χ3v) is 3.54. The Morgan fingerprint density at radius 3 is 2.75 bits per heavy atom. The maximum atomic E-state index is 5.37. The molecule has 16 heavy (non-hydrogen) atoms. The predicted molar refractivity (Wildman–Crippen MR) is 66.7 cm³/mol. The summed E-state index contributed by atoms with van der Waals surface area (Å²) in [5.41, 5.74) is 2.77. The van der Waals surface area contributed by atoms with Crippen molar-refractivity contribution in [2.45, 2.75) is 31.8 Å². The molecule has 1 aromatic rings. The van der Waals surface area contributed by atoms with Gasteiger partial charge in [0.25, 0.3) is 0 Å². The second kappa shape index (κ2) is 5.46. The number of rotatable bonds is 3. The van der Waals surface area contributed by atoms with Crippen molar-refractivity contribution in [3.05, 3.63) is 35.4 Å². The summed E-state index contributed by atoms with van der Waals surface area (Å²) in [6.07, 6.45) is 2.71. The molecule has 1 aliphatic rings. The molecule has 0 spiro atoms. The smallest absolute Gasteiger partial charge is 0.0793 e. The van der Waals surface area contributed by atoms with Crippen LogP contribution in [0.4, 0.5) is 0 Å². The van der Waals surface area contributed by atoms with Crippen LogP contribution in [0.25, 0.3) is 0 Å². The van der Waals surface area contributed by atoms with Crippen LogP contribution >= 0.6 is 0 Å². The van der Waals surface area contributed by atoms with E-state index in [0.717, 1.165) is 19.0 Å². The lowest BCUT2D eigenvalue weighted by Crippen LogP contribution is -2.26. The first kappa shape index (κ1) is 11.6. The van der Waals surface area contributed by atoms with E-state index in [-0.39, 0.29) is 6.10 Å². The molecule has 2 nitrogen and oxygen atoms in total. The van der Waals surface area contributed by atoms with Gasteiger partial charge < -0.3 is 10.1 Å². The fourth-order valence-electron chi connectivity index (χ4n) is 2.36. The molecule has 0 radical (unpaired) electrons. The van der Waals surface area contributed by atoms with Crippen LogP contribution in [0, 0.1) is 0 Å². The topological polar surface area (TPSA) is 21.3 Å². The summed E-state index contributed by atoms with van der Waals surface area (Å²) >= 11 is 0. The van der Waals surface area contributed by atoms with Crippen molar-refractivity contribution in [2.24, 2.45) is 0 Å². The van der Waals surface area contributed by atoms with Gasteiger partial charge in [0, 0.05) is 7.11 Å². The van der Waals surface area contributed by atoms with Gasteiger partial charge in [-0.05, 0) is 49.9 Å². The Morgan fingerprint density at radius 1 is 1.31 bits per heavy atom. The summed E-state index contributed by atoms with van der Waals surface area (Å²) in [7, 11) is 1.77. The third-order valence-electron chi connectivity index (χ3n) is 3.54. The molecule has 1 N–H and O–H groups in total. The zero-order valence-electron chi connectivity index (χ0n) is 10.2. The summed E-state index contributed by atoms with van der Waals surface area (Å²) in [6, 6.07) is 8.87. The highest BCUT2D eigenvalue weighted by Crippen LogP contribution is 2.27. The molecule has 1 aromatic carbocycles. The number of benzene rings is 1. The van der Waals surface area contributed by atoms with E-state index >= 15 is 0 Å². The first-order valence-corrected chi connectivity index (χ1v) is 6.14. The quantitative estimate of drug-likeness (QED) is 0.844. The van der Waals surface area contributed by atoms with Gasteiger partial charge in [0.1, 0.15) is 0 Å². The maximum absolute atomic E-state index is 5.37. The molecule has 88 valence electrons. The van der Waals surface area contributed by atoms with Gasteiger partial charge >= 0.3 is 0 Å². The van der Waals surface area contributed by atoms with Crippen LogP contribution in [-0.4, -0.2) is 20.2 Å². The van der Waals surface area contributed by atoms with E-state index in [4.69, 9.17) is 4.74 Å². The predicted octanol–water partition coefficient (Wildman–Crippen LogP) is 2.86. The van der Waals surface area contributed by atoms with Crippen LogP contribution < -0.4 is 5.32 Å². The Kier molecular flexibility index (Phi) is 3.97. The van der Waals surface area contributed by atoms with E-state index in [1.165, 1.54) is 24.0 Å². The normalized spacial score (nSPS) is 19.6. The lowest BCUT2D eigenvalue weighted by molar-refractivity contribution is 0.119.